The molecule has 2 atom stereocenters. The molecule has 2 aromatic rings. The van der Waals surface area contributed by atoms with Crippen molar-refractivity contribution in [3.8, 4) is 11.5 Å². The molecular weight excluding hydrogens is 352 g/mol. The molecule has 0 radical (unpaired) electrons. The summed E-state index contributed by atoms with van der Waals surface area (Å²) in [6.07, 6.45) is 2.57. The number of carbonyl (C=O) groups is 1. The van der Waals surface area contributed by atoms with Gasteiger partial charge in [-0.25, -0.2) is 0 Å². The number of hydrogen-bond acceptors (Lipinski definition) is 4. The van der Waals surface area contributed by atoms with E-state index in [-0.39, 0.29) is 18.6 Å². The molecule has 150 valence electrons. The maximum atomic E-state index is 12.3. The van der Waals surface area contributed by atoms with E-state index in [9.17, 15) is 4.79 Å². The van der Waals surface area contributed by atoms with Gasteiger partial charge in [0, 0.05) is 18.8 Å². The number of benzene rings is 2. The molecule has 1 amide bonds. The van der Waals surface area contributed by atoms with Gasteiger partial charge in [0.1, 0.15) is 0 Å². The fourth-order valence-corrected chi connectivity index (χ4v) is 3.65. The van der Waals surface area contributed by atoms with Gasteiger partial charge in [0.05, 0.1) is 13.2 Å². The van der Waals surface area contributed by atoms with Gasteiger partial charge in [-0.2, -0.15) is 0 Å². The van der Waals surface area contributed by atoms with Crippen LogP contribution < -0.4 is 19.7 Å². The molecule has 1 heterocycles. The molecule has 1 saturated heterocycles. The predicted octanol–water partition coefficient (Wildman–Crippen LogP) is 4.19. The van der Waals surface area contributed by atoms with Crippen LogP contribution in [0.5, 0.6) is 11.5 Å². The molecular formula is C23H30N2O3. The van der Waals surface area contributed by atoms with E-state index < -0.39 is 0 Å². The Morgan fingerprint density at radius 1 is 1.18 bits per heavy atom. The van der Waals surface area contributed by atoms with Gasteiger partial charge in [0.25, 0.3) is 5.91 Å². The van der Waals surface area contributed by atoms with Crippen LogP contribution in [0.25, 0.3) is 0 Å². The SMILES string of the molecule is COc1ccccc1OCC(=O)N[C@@H](C)c1ccc(N2CCC[C@H](C)C2)cc1. The molecule has 5 heteroatoms. The molecule has 0 saturated carbocycles. The van der Waals surface area contributed by atoms with Gasteiger partial charge in [0.2, 0.25) is 0 Å². The molecule has 3 rings (SSSR count). The Labute approximate surface area is 167 Å². The smallest absolute Gasteiger partial charge is 0.258 e. The molecule has 1 fully saturated rings. The second-order valence-electron chi connectivity index (χ2n) is 7.51. The van der Waals surface area contributed by atoms with Gasteiger partial charge >= 0.3 is 0 Å². The largest absolute Gasteiger partial charge is 0.493 e. The van der Waals surface area contributed by atoms with Gasteiger partial charge < -0.3 is 19.7 Å². The van der Waals surface area contributed by atoms with E-state index in [4.69, 9.17) is 9.47 Å². The van der Waals surface area contributed by atoms with Crippen LogP contribution in [0.2, 0.25) is 0 Å². The summed E-state index contributed by atoms with van der Waals surface area (Å²) >= 11 is 0. The lowest BCUT2D eigenvalue weighted by Crippen LogP contribution is -2.34. The summed E-state index contributed by atoms with van der Waals surface area (Å²) in [6, 6.07) is 15.7. The first-order valence-electron chi connectivity index (χ1n) is 9.97. The minimum absolute atomic E-state index is 0.0472. The lowest BCUT2D eigenvalue weighted by atomic mass is 9.99. The summed E-state index contributed by atoms with van der Waals surface area (Å²) < 4.78 is 10.8. The Bertz CT molecular complexity index is 776. The summed E-state index contributed by atoms with van der Waals surface area (Å²) in [4.78, 5) is 14.7. The van der Waals surface area contributed by atoms with E-state index in [0.29, 0.717) is 11.5 Å². The van der Waals surface area contributed by atoms with Crippen molar-refractivity contribution >= 4 is 11.6 Å². The van der Waals surface area contributed by atoms with Gasteiger partial charge in [0.15, 0.2) is 18.1 Å². The zero-order chi connectivity index (χ0) is 19.9. The highest BCUT2D eigenvalue weighted by Crippen LogP contribution is 2.26. The number of nitrogens with one attached hydrogen (secondary N) is 1. The van der Waals surface area contributed by atoms with Crippen LogP contribution in [-0.2, 0) is 4.79 Å². The minimum Gasteiger partial charge on any atom is -0.493 e. The molecule has 1 aliphatic heterocycles. The molecule has 5 nitrogen and oxygen atoms in total. The van der Waals surface area contributed by atoms with Gasteiger partial charge in [-0.15, -0.1) is 0 Å². The summed E-state index contributed by atoms with van der Waals surface area (Å²) in [7, 11) is 1.58. The van der Waals surface area contributed by atoms with Crippen molar-refractivity contribution in [2.75, 3.05) is 31.7 Å². The number of para-hydroxylation sites is 2. The maximum absolute atomic E-state index is 12.3. The number of hydrogen-bond donors (Lipinski definition) is 1. The Balaban J connectivity index is 1.52. The lowest BCUT2D eigenvalue weighted by molar-refractivity contribution is -0.123. The van der Waals surface area contributed by atoms with E-state index in [0.717, 1.165) is 24.6 Å². The number of nitrogens with zero attached hydrogens (tertiary/aromatic N) is 1. The molecule has 0 aliphatic carbocycles. The Morgan fingerprint density at radius 2 is 1.89 bits per heavy atom. The Morgan fingerprint density at radius 3 is 2.57 bits per heavy atom. The monoisotopic (exact) mass is 382 g/mol. The average Bonchev–Trinajstić information content (AvgIpc) is 2.72. The third kappa shape index (κ3) is 5.18. The first-order chi connectivity index (χ1) is 13.6. The van der Waals surface area contributed by atoms with Crippen LogP contribution in [0.15, 0.2) is 48.5 Å². The van der Waals surface area contributed by atoms with Gasteiger partial charge in [-0.3, -0.25) is 4.79 Å². The predicted molar refractivity (Wildman–Crippen MR) is 112 cm³/mol. The van der Waals surface area contributed by atoms with Crippen molar-refractivity contribution in [2.24, 2.45) is 5.92 Å². The van der Waals surface area contributed by atoms with E-state index in [2.05, 4.69) is 41.4 Å². The number of methoxy groups -OCH3 is 1. The highest BCUT2D eigenvalue weighted by Gasteiger charge is 2.17. The van der Waals surface area contributed by atoms with Crippen molar-refractivity contribution in [3.05, 3.63) is 54.1 Å². The van der Waals surface area contributed by atoms with E-state index in [1.165, 1.54) is 18.5 Å². The van der Waals surface area contributed by atoms with E-state index in [1.54, 1.807) is 19.2 Å². The van der Waals surface area contributed by atoms with Gasteiger partial charge in [-0.05, 0) is 55.5 Å². The topological polar surface area (TPSA) is 50.8 Å². The van der Waals surface area contributed by atoms with Crippen molar-refractivity contribution in [2.45, 2.75) is 32.7 Å². The van der Waals surface area contributed by atoms with E-state index >= 15 is 0 Å². The number of piperidine rings is 1. The lowest BCUT2D eigenvalue weighted by Gasteiger charge is -2.33. The van der Waals surface area contributed by atoms with Crippen LogP contribution in [0, 0.1) is 5.92 Å². The maximum Gasteiger partial charge on any atom is 0.258 e. The summed E-state index contributed by atoms with van der Waals surface area (Å²) in [5, 5.41) is 2.99. The average molecular weight is 383 g/mol. The third-order valence-corrected chi connectivity index (χ3v) is 5.22. The van der Waals surface area contributed by atoms with Crippen LogP contribution in [0.4, 0.5) is 5.69 Å². The van der Waals surface area contributed by atoms with Crippen molar-refractivity contribution in [3.63, 3.8) is 0 Å². The number of ether oxygens (including phenoxy) is 2. The number of amides is 1. The van der Waals surface area contributed by atoms with Crippen LogP contribution in [-0.4, -0.2) is 32.7 Å². The Hall–Kier alpha value is -2.69. The number of carbonyl (C=O) groups excluding carboxylic acids is 1. The molecule has 28 heavy (non-hydrogen) atoms. The second kappa shape index (κ2) is 9.49. The highest BCUT2D eigenvalue weighted by atomic mass is 16.5. The quantitative estimate of drug-likeness (QED) is 0.780. The van der Waals surface area contributed by atoms with Crippen molar-refractivity contribution in [1.82, 2.24) is 5.32 Å². The van der Waals surface area contributed by atoms with Crippen LogP contribution in [0.3, 0.4) is 0 Å². The van der Waals surface area contributed by atoms with E-state index in [1.807, 2.05) is 19.1 Å². The summed E-state index contributed by atoms with van der Waals surface area (Å²) in [6.45, 7) is 6.49. The zero-order valence-electron chi connectivity index (χ0n) is 17.0. The molecule has 0 spiro atoms. The number of anilines is 1. The molecule has 0 aromatic heterocycles. The van der Waals surface area contributed by atoms with Crippen LogP contribution in [0.1, 0.15) is 38.3 Å². The normalized spacial score (nSPS) is 17.7. The van der Waals surface area contributed by atoms with Gasteiger partial charge in [-0.1, -0.05) is 31.2 Å². The molecule has 0 unspecified atom stereocenters. The van der Waals surface area contributed by atoms with Crippen LogP contribution >= 0.6 is 0 Å². The van der Waals surface area contributed by atoms with Crippen molar-refractivity contribution in [1.29, 1.82) is 0 Å². The fraction of sp³-hybridized carbons (Fsp3) is 0.435. The molecule has 0 bridgehead atoms. The first-order valence-corrected chi connectivity index (χ1v) is 9.97. The standard InChI is InChI=1S/C23H30N2O3/c1-17-7-6-14-25(15-17)20-12-10-19(11-13-20)18(2)24-23(26)16-28-22-9-5-4-8-21(22)27-3/h4-5,8-13,17-18H,6-7,14-16H2,1-3H3,(H,24,26)/t17-,18-/m0/s1. The summed E-state index contributed by atoms with van der Waals surface area (Å²) in [5.74, 6) is 1.76. The van der Waals surface area contributed by atoms with Crippen molar-refractivity contribution < 1.29 is 14.3 Å². The molecule has 2 aromatic carbocycles. The Kier molecular flexibility index (Phi) is 6.80. The first kappa shape index (κ1) is 20.1. The molecule has 1 N–H and O–H groups in total. The minimum atomic E-state index is -0.160. The fourth-order valence-electron chi connectivity index (χ4n) is 3.65. The zero-order valence-corrected chi connectivity index (χ0v) is 17.0. The number of rotatable bonds is 7. The summed E-state index contributed by atoms with van der Waals surface area (Å²) in [5.41, 5.74) is 2.34. The molecule has 1 aliphatic rings. The highest BCUT2D eigenvalue weighted by molar-refractivity contribution is 5.78. The third-order valence-electron chi connectivity index (χ3n) is 5.22. The second-order valence-corrected chi connectivity index (χ2v) is 7.51.